The van der Waals surface area contributed by atoms with Gasteiger partial charge in [0.1, 0.15) is 6.33 Å². The smallest absolute Gasteiger partial charge is 0.345 e. The van der Waals surface area contributed by atoms with Gasteiger partial charge >= 0.3 is 5.84 Å². The van der Waals surface area contributed by atoms with Crippen LogP contribution in [0.4, 0.5) is 5.69 Å². The molecule has 0 saturated heterocycles. The third kappa shape index (κ3) is 3.22. The summed E-state index contributed by atoms with van der Waals surface area (Å²) in [4.78, 5) is 11.9. The Bertz CT molecular complexity index is 738. The standard InChI is InChI=1S/C13H13N5O2S/c1-9-4-2-3-5-10(9)15-11(19)6-7-21-13-17-18-8-14-16-12(18)20-13/h2-5,8H,6-7H2,1H3,(H,15,19). The Balaban J connectivity index is 1.50. The number of aryl methyl sites for hydroxylation is 1. The van der Waals surface area contributed by atoms with Gasteiger partial charge in [0.2, 0.25) is 5.91 Å². The maximum absolute atomic E-state index is 11.9. The molecule has 3 rings (SSSR count). The summed E-state index contributed by atoms with van der Waals surface area (Å²) in [5.74, 6) is 0.895. The zero-order valence-corrected chi connectivity index (χ0v) is 12.1. The van der Waals surface area contributed by atoms with Crippen LogP contribution in [0.3, 0.4) is 0 Å². The minimum atomic E-state index is -0.0326. The van der Waals surface area contributed by atoms with Gasteiger partial charge in [-0.1, -0.05) is 35.1 Å². The summed E-state index contributed by atoms with van der Waals surface area (Å²) in [5.41, 5.74) is 1.88. The first kappa shape index (κ1) is 13.6. The number of aromatic nitrogens is 4. The number of carbonyl (C=O) groups excluding carboxylic acids is 1. The zero-order valence-electron chi connectivity index (χ0n) is 11.3. The molecule has 3 aromatic rings. The van der Waals surface area contributed by atoms with E-state index in [-0.39, 0.29) is 5.91 Å². The molecule has 0 unspecified atom stereocenters. The van der Waals surface area contributed by atoms with Gasteiger partial charge in [0.25, 0.3) is 5.22 Å². The van der Waals surface area contributed by atoms with Crippen LogP contribution < -0.4 is 5.32 Å². The van der Waals surface area contributed by atoms with Crippen molar-refractivity contribution < 1.29 is 9.21 Å². The summed E-state index contributed by atoms with van der Waals surface area (Å²) < 4.78 is 6.79. The molecule has 0 radical (unpaired) electrons. The average molecular weight is 303 g/mol. The minimum Gasteiger partial charge on any atom is -0.396 e. The molecule has 7 nitrogen and oxygen atoms in total. The molecule has 0 bridgehead atoms. The molecular weight excluding hydrogens is 290 g/mol. The van der Waals surface area contributed by atoms with Crippen LogP contribution in [0.2, 0.25) is 0 Å². The highest BCUT2D eigenvalue weighted by atomic mass is 32.2. The molecule has 2 aromatic heterocycles. The second kappa shape index (κ2) is 5.96. The van der Waals surface area contributed by atoms with Crippen LogP contribution >= 0.6 is 11.8 Å². The number of rotatable bonds is 5. The molecule has 0 spiro atoms. The largest absolute Gasteiger partial charge is 0.396 e. The summed E-state index contributed by atoms with van der Waals surface area (Å²) in [6, 6.07) is 7.68. The minimum absolute atomic E-state index is 0.0326. The Morgan fingerprint density at radius 2 is 2.29 bits per heavy atom. The second-order valence-corrected chi connectivity index (χ2v) is 5.43. The molecule has 1 N–H and O–H groups in total. The summed E-state index contributed by atoms with van der Waals surface area (Å²) in [7, 11) is 0. The highest BCUT2D eigenvalue weighted by Crippen LogP contribution is 2.19. The van der Waals surface area contributed by atoms with Crippen molar-refractivity contribution in [2.24, 2.45) is 0 Å². The highest BCUT2D eigenvalue weighted by Gasteiger charge is 2.09. The van der Waals surface area contributed by atoms with Crippen LogP contribution in [0.25, 0.3) is 5.84 Å². The molecule has 2 heterocycles. The molecule has 0 aliphatic rings. The van der Waals surface area contributed by atoms with Crippen LogP contribution in [0.1, 0.15) is 12.0 Å². The quantitative estimate of drug-likeness (QED) is 0.727. The van der Waals surface area contributed by atoms with Gasteiger partial charge in [-0.2, -0.15) is 4.52 Å². The topological polar surface area (TPSA) is 85.3 Å². The van der Waals surface area contributed by atoms with Crippen molar-refractivity contribution in [2.45, 2.75) is 18.6 Å². The number of fused-ring (bicyclic) bond motifs is 1. The first-order valence-corrected chi connectivity index (χ1v) is 7.36. The SMILES string of the molecule is Cc1ccccc1NC(=O)CCSc1nn2cnnc2o1. The third-order valence-corrected chi connectivity index (χ3v) is 3.66. The number of nitrogens with zero attached hydrogens (tertiary/aromatic N) is 4. The van der Waals surface area contributed by atoms with Crippen molar-refractivity contribution >= 4 is 29.2 Å². The van der Waals surface area contributed by atoms with E-state index in [1.54, 1.807) is 0 Å². The fourth-order valence-corrected chi connectivity index (χ4v) is 2.50. The highest BCUT2D eigenvalue weighted by molar-refractivity contribution is 7.99. The van der Waals surface area contributed by atoms with E-state index >= 15 is 0 Å². The first-order chi connectivity index (χ1) is 10.2. The first-order valence-electron chi connectivity index (χ1n) is 6.37. The lowest BCUT2D eigenvalue weighted by atomic mass is 10.2. The van der Waals surface area contributed by atoms with Crippen molar-refractivity contribution in [3.05, 3.63) is 36.2 Å². The zero-order chi connectivity index (χ0) is 14.7. The van der Waals surface area contributed by atoms with E-state index in [2.05, 4.69) is 20.6 Å². The number of nitrogens with one attached hydrogen (secondary N) is 1. The van der Waals surface area contributed by atoms with Gasteiger partial charge in [0, 0.05) is 17.9 Å². The molecule has 0 saturated carbocycles. The van der Waals surface area contributed by atoms with Gasteiger partial charge in [0.15, 0.2) is 0 Å². The number of thioether (sulfide) groups is 1. The monoisotopic (exact) mass is 303 g/mol. The van der Waals surface area contributed by atoms with Crippen molar-refractivity contribution in [1.29, 1.82) is 0 Å². The van der Waals surface area contributed by atoms with E-state index in [0.29, 0.717) is 23.2 Å². The van der Waals surface area contributed by atoms with Crippen LogP contribution in [0.5, 0.6) is 0 Å². The lowest BCUT2D eigenvalue weighted by Crippen LogP contribution is -2.12. The number of anilines is 1. The van der Waals surface area contributed by atoms with Crippen molar-refractivity contribution in [3.63, 3.8) is 0 Å². The van der Waals surface area contributed by atoms with E-state index in [0.717, 1.165) is 11.3 Å². The predicted octanol–water partition coefficient (Wildman–Crippen LogP) is 2.15. The van der Waals surface area contributed by atoms with Crippen LogP contribution in [0, 0.1) is 6.92 Å². The second-order valence-electron chi connectivity index (χ2n) is 4.39. The Labute approximate surface area is 124 Å². The van der Waals surface area contributed by atoms with E-state index in [4.69, 9.17) is 4.42 Å². The van der Waals surface area contributed by atoms with E-state index in [1.807, 2.05) is 31.2 Å². The van der Waals surface area contributed by atoms with E-state index in [1.165, 1.54) is 22.6 Å². The number of amides is 1. The van der Waals surface area contributed by atoms with Crippen LogP contribution in [-0.4, -0.2) is 31.5 Å². The predicted molar refractivity (Wildman–Crippen MR) is 78.2 cm³/mol. The maximum atomic E-state index is 11.9. The number of hydrogen-bond donors (Lipinski definition) is 1. The molecule has 0 fully saturated rings. The Hall–Kier alpha value is -2.35. The molecule has 1 aromatic carbocycles. The fraction of sp³-hybridized carbons (Fsp3) is 0.231. The molecule has 0 atom stereocenters. The Morgan fingerprint density at radius 1 is 1.43 bits per heavy atom. The lowest BCUT2D eigenvalue weighted by Gasteiger charge is -2.07. The molecule has 21 heavy (non-hydrogen) atoms. The van der Waals surface area contributed by atoms with Crippen molar-refractivity contribution in [2.75, 3.05) is 11.1 Å². The molecule has 1 amide bonds. The summed E-state index contributed by atoms with van der Waals surface area (Å²) >= 11 is 1.37. The lowest BCUT2D eigenvalue weighted by molar-refractivity contribution is -0.115. The Morgan fingerprint density at radius 3 is 3.10 bits per heavy atom. The van der Waals surface area contributed by atoms with Crippen LogP contribution in [-0.2, 0) is 4.79 Å². The van der Waals surface area contributed by atoms with Gasteiger partial charge in [-0.25, -0.2) is 0 Å². The molecule has 108 valence electrons. The van der Waals surface area contributed by atoms with Crippen molar-refractivity contribution in [1.82, 2.24) is 19.8 Å². The van der Waals surface area contributed by atoms with Crippen LogP contribution in [0.15, 0.2) is 40.2 Å². The Kier molecular flexibility index (Phi) is 3.87. The summed E-state index contributed by atoms with van der Waals surface area (Å²) in [6.07, 6.45) is 1.84. The molecule has 8 heteroatoms. The summed E-state index contributed by atoms with van der Waals surface area (Å²) in [6.45, 7) is 1.96. The number of hydrogen-bond acceptors (Lipinski definition) is 6. The van der Waals surface area contributed by atoms with Gasteiger partial charge in [-0.3, -0.25) is 4.79 Å². The molecule has 0 aliphatic heterocycles. The summed E-state index contributed by atoms with van der Waals surface area (Å²) in [5, 5.41) is 14.9. The third-order valence-electron chi connectivity index (χ3n) is 2.84. The molecular formula is C13H13N5O2S. The van der Waals surface area contributed by atoms with Gasteiger partial charge in [-0.05, 0) is 18.6 Å². The van der Waals surface area contributed by atoms with E-state index in [9.17, 15) is 4.79 Å². The fourth-order valence-electron chi connectivity index (χ4n) is 1.76. The normalized spacial score (nSPS) is 10.9. The van der Waals surface area contributed by atoms with E-state index < -0.39 is 0 Å². The number of benzene rings is 1. The van der Waals surface area contributed by atoms with Gasteiger partial charge in [0.05, 0.1) is 0 Å². The maximum Gasteiger partial charge on any atom is 0.345 e. The van der Waals surface area contributed by atoms with Gasteiger partial charge < -0.3 is 9.73 Å². The van der Waals surface area contributed by atoms with Gasteiger partial charge in [-0.15, -0.1) is 10.2 Å². The van der Waals surface area contributed by atoms with Crippen molar-refractivity contribution in [3.8, 4) is 0 Å². The number of carbonyl (C=O) groups is 1. The average Bonchev–Trinajstić information content (AvgIpc) is 3.02. The molecule has 0 aliphatic carbocycles. The number of para-hydroxylation sites is 1.